The number of hydrogen-bond donors (Lipinski definition) is 2. The summed E-state index contributed by atoms with van der Waals surface area (Å²) in [6, 6.07) is 5.05. The van der Waals surface area contributed by atoms with E-state index in [0.29, 0.717) is 24.7 Å². The maximum absolute atomic E-state index is 11.5. The molecule has 0 aliphatic carbocycles. The first-order valence-corrected chi connectivity index (χ1v) is 5.50. The van der Waals surface area contributed by atoms with Crippen LogP contribution >= 0.6 is 11.6 Å². The van der Waals surface area contributed by atoms with Gasteiger partial charge in [0, 0.05) is 19.6 Å². The van der Waals surface area contributed by atoms with E-state index in [1.54, 1.807) is 17.0 Å². The molecule has 0 atom stereocenters. The van der Waals surface area contributed by atoms with Gasteiger partial charge in [-0.15, -0.1) is 0 Å². The summed E-state index contributed by atoms with van der Waals surface area (Å²) in [4.78, 5) is 13.3. The molecule has 0 unspecified atom stereocenters. The van der Waals surface area contributed by atoms with Crippen molar-refractivity contribution < 1.29 is 9.90 Å². The molecule has 16 heavy (non-hydrogen) atoms. The highest BCUT2D eigenvalue weighted by Crippen LogP contribution is 2.24. The average molecular weight is 241 g/mol. The lowest BCUT2D eigenvalue weighted by atomic mass is 10.2. The molecule has 1 aromatic carbocycles. The molecule has 1 amide bonds. The maximum Gasteiger partial charge on any atom is 0.236 e. The van der Waals surface area contributed by atoms with Crippen molar-refractivity contribution in [2.24, 2.45) is 0 Å². The van der Waals surface area contributed by atoms with Crippen molar-refractivity contribution in [3.05, 3.63) is 28.8 Å². The Bertz CT molecular complexity index is 409. The van der Waals surface area contributed by atoms with Crippen LogP contribution in [0, 0.1) is 0 Å². The van der Waals surface area contributed by atoms with Crippen LogP contribution in [0.1, 0.15) is 5.56 Å². The number of nitrogens with zero attached hydrogens (tertiary/aromatic N) is 1. The molecule has 5 heteroatoms. The van der Waals surface area contributed by atoms with E-state index in [1.165, 1.54) is 0 Å². The average Bonchev–Trinajstić information content (AvgIpc) is 2.27. The van der Waals surface area contributed by atoms with E-state index in [2.05, 4.69) is 5.32 Å². The number of aromatic hydroxyl groups is 1. The van der Waals surface area contributed by atoms with Crippen LogP contribution in [0.5, 0.6) is 5.75 Å². The van der Waals surface area contributed by atoms with Crippen LogP contribution in [-0.4, -0.2) is 35.5 Å². The fourth-order valence-corrected chi connectivity index (χ4v) is 1.81. The predicted molar refractivity (Wildman–Crippen MR) is 61.4 cm³/mol. The van der Waals surface area contributed by atoms with Gasteiger partial charge in [-0.1, -0.05) is 17.7 Å². The zero-order chi connectivity index (χ0) is 11.5. The number of phenolic OH excluding ortho intramolecular Hbond substituents is 1. The summed E-state index contributed by atoms with van der Waals surface area (Å²) in [5.41, 5.74) is 0.886. The largest absolute Gasteiger partial charge is 0.506 e. The molecule has 1 fully saturated rings. The first-order valence-electron chi connectivity index (χ1n) is 5.13. The number of piperazine rings is 1. The summed E-state index contributed by atoms with van der Waals surface area (Å²) in [5.74, 6) is 0.141. The Hall–Kier alpha value is -1.26. The molecule has 0 radical (unpaired) electrons. The van der Waals surface area contributed by atoms with E-state index in [9.17, 15) is 9.90 Å². The molecule has 1 saturated heterocycles. The number of nitrogens with one attached hydrogen (secondary N) is 1. The Balaban J connectivity index is 2.08. The van der Waals surface area contributed by atoms with E-state index in [4.69, 9.17) is 11.6 Å². The highest BCUT2D eigenvalue weighted by Gasteiger charge is 2.17. The normalized spacial score (nSPS) is 16.6. The Kier molecular flexibility index (Phi) is 3.31. The molecule has 2 N–H and O–H groups in total. The zero-order valence-electron chi connectivity index (χ0n) is 8.74. The number of hydrogen-bond acceptors (Lipinski definition) is 3. The van der Waals surface area contributed by atoms with Gasteiger partial charge in [-0.05, 0) is 17.7 Å². The van der Waals surface area contributed by atoms with Gasteiger partial charge >= 0.3 is 0 Å². The van der Waals surface area contributed by atoms with Gasteiger partial charge in [0.25, 0.3) is 0 Å². The smallest absolute Gasteiger partial charge is 0.236 e. The van der Waals surface area contributed by atoms with Crippen molar-refractivity contribution in [3.63, 3.8) is 0 Å². The van der Waals surface area contributed by atoms with Gasteiger partial charge in [0.05, 0.1) is 11.6 Å². The third-order valence-corrected chi connectivity index (χ3v) is 2.89. The predicted octanol–water partition coefficient (Wildman–Crippen LogP) is 0.977. The highest BCUT2D eigenvalue weighted by molar-refractivity contribution is 6.32. The number of phenols is 1. The summed E-state index contributed by atoms with van der Waals surface area (Å²) < 4.78 is 0. The second kappa shape index (κ2) is 4.72. The topological polar surface area (TPSA) is 52.6 Å². The highest BCUT2D eigenvalue weighted by atomic mass is 35.5. The number of amides is 1. The molecular formula is C11H13ClN2O2. The second-order valence-corrected chi connectivity index (χ2v) is 4.19. The zero-order valence-corrected chi connectivity index (χ0v) is 9.50. The van der Waals surface area contributed by atoms with E-state index >= 15 is 0 Å². The molecule has 0 saturated carbocycles. The minimum atomic E-state index is 0.0572. The van der Waals surface area contributed by atoms with E-state index in [1.807, 2.05) is 6.07 Å². The number of benzene rings is 1. The molecule has 1 heterocycles. The van der Waals surface area contributed by atoms with Crippen molar-refractivity contribution in [1.29, 1.82) is 0 Å². The fourth-order valence-electron chi connectivity index (χ4n) is 1.69. The number of rotatable bonds is 2. The molecule has 2 rings (SSSR count). The third kappa shape index (κ3) is 2.46. The number of carbonyl (C=O) groups is 1. The lowest BCUT2D eigenvalue weighted by Gasteiger charge is -2.27. The summed E-state index contributed by atoms with van der Waals surface area (Å²) in [5, 5.41) is 12.8. The van der Waals surface area contributed by atoms with Gasteiger partial charge in [0.15, 0.2) is 0 Å². The Morgan fingerprint density at radius 3 is 3.00 bits per heavy atom. The fraction of sp³-hybridized carbons (Fsp3) is 0.364. The molecular weight excluding hydrogens is 228 g/mol. The SMILES string of the molecule is O=C1CNCCN1Cc1ccc(Cl)c(O)c1. The molecule has 1 aromatic rings. The van der Waals surface area contributed by atoms with Crippen molar-refractivity contribution in [1.82, 2.24) is 10.2 Å². The van der Waals surface area contributed by atoms with Gasteiger partial charge in [-0.25, -0.2) is 0 Å². The van der Waals surface area contributed by atoms with Gasteiger partial charge in [-0.2, -0.15) is 0 Å². The minimum absolute atomic E-state index is 0.0572. The molecule has 0 bridgehead atoms. The van der Waals surface area contributed by atoms with E-state index < -0.39 is 0 Å². The molecule has 0 aromatic heterocycles. The molecule has 4 nitrogen and oxygen atoms in total. The minimum Gasteiger partial charge on any atom is -0.506 e. The molecule has 1 aliphatic rings. The lowest BCUT2D eigenvalue weighted by molar-refractivity contribution is -0.132. The van der Waals surface area contributed by atoms with Crippen molar-refractivity contribution >= 4 is 17.5 Å². The van der Waals surface area contributed by atoms with Crippen molar-refractivity contribution in [2.45, 2.75) is 6.54 Å². The van der Waals surface area contributed by atoms with Crippen LogP contribution in [0.25, 0.3) is 0 Å². The quantitative estimate of drug-likeness (QED) is 0.810. The Labute approximate surface area is 98.8 Å². The first-order chi connectivity index (χ1) is 7.66. The molecule has 86 valence electrons. The Morgan fingerprint density at radius 2 is 2.31 bits per heavy atom. The summed E-state index contributed by atoms with van der Waals surface area (Å²) in [6.07, 6.45) is 0. The lowest BCUT2D eigenvalue weighted by Crippen LogP contribution is -2.47. The maximum atomic E-state index is 11.5. The van der Waals surface area contributed by atoms with Gasteiger partial charge in [0.1, 0.15) is 5.75 Å². The van der Waals surface area contributed by atoms with E-state index in [0.717, 1.165) is 12.1 Å². The summed E-state index contributed by atoms with van der Waals surface area (Å²) >= 11 is 5.71. The van der Waals surface area contributed by atoms with Crippen molar-refractivity contribution in [2.75, 3.05) is 19.6 Å². The van der Waals surface area contributed by atoms with Crippen molar-refractivity contribution in [3.8, 4) is 5.75 Å². The summed E-state index contributed by atoms with van der Waals surface area (Å²) in [6.45, 7) is 2.42. The number of carbonyl (C=O) groups excluding carboxylic acids is 1. The van der Waals surface area contributed by atoms with E-state index in [-0.39, 0.29) is 11.7 Å². The van der Waals surface area contributed by atoms with Crippen LogP contribution in [-0.2, 0) is 11.3 Å². The van der Waals surface area contributed by atoms with Gasteiger partial charge in [0.2, 0.25) is 5.91 Å². The number of halogens is 1. The van der Waals surface area contributed by atoms with Gasteiger partial charge in [-0.3, -0.25) is 4.79 Å². The second-order valence-electron chi connectivity index (χ2n) is 3.78. The van der Waals surface area contributed by atoms with Crippen LogP contribution in [0.2, 0.25) is 5.02 Å². The van der Waals surface area contributed by atoms with Crippen LogP contribution in [0.3, 0.4) is 0 Å². The van der Waals surface area contributed by atoms with Crippen LogP contribution < -0.4 is 5.32 Å². The third-order valence-electron chi connectivity index (χ3n) is 2.57. The Morgan fingerprint density at radius 1 is 1.50 bits per heavy atom. The molecule has 0 spiro atoms. The van der Waals surface area contributed by atoms with Crippen LogP contribution in [0.4, 0.5) is 0 Å². The summed E-state index contributed by atoms with van der Waals surface area (Å²) in [7, 11) is 0. The van der Waals surface area contributed by atoms with Gasteiger partial charge < -0.3 is 15.3 Å². The van der Waals surface area contributed by atoms with Crippen LogP contribution in [0.15, 0.2) is 18.2 Å². The standard InChI is InChI=1S/C11H13ClN2O2/c12-9-2-1-8(5-10(9)15)7-14-4-3-13-6-11(14)16/h1-2,5,13,15H,3-4,6-7H2. The first kappa shape index (κ1) is 11.2. The monoisotopic (exact) mass is 240 g/mol. The molecule has 1 aliphatic heterocycles.